The molecule has 5 rings (SSSR count). The Hall–Kier alpha value is -4.59. The first-order valence-electron chi connectivity index (χ1n) is 11.7. The number of benzene rings is 3. The molecule has 0 saturated carbocycles. The van der Waals surface area contributed by atoms with Crippen molar-refractivity contribution in [1.82, 2.24) is 14.8 Å². The van der Waals surface area contributed by atoms with Crippen LogP contribution in [0.15, 0.2) is 84.9 Å². The molecule has 0 spiro atoms. The summed E-state index contributed by atoms with van der Waals surface area (Å²) in [4.78, 5) is 17.2. The zero-order valence-corrected chi connectivity index (χ0v) is 20.1. The van der Waals surface area contributed by atoms with Crippen molar-refractivity contribution in [2.75, 3.05) is 24.9 Å². The Morgan fingerprint density at radius 2 is 1.61 bits per heavy atom. The summed E-state index contributed by atoms with van der Waals surface area (Å²) in [5.74, 6) is 2.11. The van der Waals surface area contributed by atoms with Gasteiger partial charge in [0.25, 0.3) is 11.9 Å². The average Bonchev–Trinajstić information content (AvgIpc) is 3.34. The number of hydrogen-bond donors (Lipinski definition) is 2. The SMILES string of the molecule is COc1ccc(/C=C/C(=O)Nc2nc3n(n2)C(c2ccccc2)CC(c2ccc(OC)cc2)N3)cc1. The lowest BCUT2D eigenvalue weighted by molar-refractivity contribution is -0.111. The van der Waals surface area contributed by atoms with Gasteiger partial charge in [0.05, 0.1) is 26.3 Å². The van der Waals surface area contributed by atoms with Crippen LogP contribution < -0.4 is 20.1 Å². The summed E-state index contributed by atoms with van der Waals surface area (Å²) in [5.41, 5.74) is 3.14. The first-order valence-corrected chi connectivity index (χ1v) is 11.7. The van der Waals surface area contributed by atoms with Gasteiger partial charge in [-0.25, -0.2) is 4.68 Å². The number of nitrogens with zero attached hydrogens (tertiary/aromatic N) is 3. The van der Waals surface area contributed by atoms with E-state index in [2.05, 4.69) is 45.0 Å². The summed E-state index contributed by atoms with van der Waals surface area (Å²) >= 11 is 0. The first-order chi connectivity index (χ1) is 17.6. The number of ether oxygens (including phenoxy) is 2. The lowest BCUT2D eigenvalue weighted by atomic mass is 9.93. The quantitative estimate of drug-likeness (QED) is 0.357. The minimum Gasteiger partial charge on any atom is -0.497 e. The van der Waals surface area contributed by atoms with Crippen molar-refractivity contribution in [2.24, 2.45) is 0 Å². The van der Waals surface area contributed by atoms with Crippen molar-refractivity contribution in [1.29, 1.82) is 0 Å². The second-order valence-electron chi connectivity index (χ2n) is 8.43. The standard InChI is InChI=1S/C28H27N5O3/c1-35-22-13-8-19(9-14-22)10-17-26(34)30-27-31-28-29-24(20-11-15-23(36-2)16-12-20)18-25(33(28)32-27)21-6-4-3-5-7-21/h3-17,24-25H,18H2,1-2H3,(H2,29,30,31,32,34)/b17-10+. The fourth-order valence-electron chi connectivity index (χ4n) is 4.28. The third-order valence-corrected chi connectivity index (χ3v) is 6.17. The maximum Gasteiger partial charge on any atom is 0.250 e. The fraction of sp³-hybridized carbons (Fsp3) is 0.179. The molecule has 1 aliphatic heterocycles. The van der Waals surface area contributed by atoms with Crippen molar-refractivity contribution < 1.29 is 14.3 Å². The van der Waals surface area contributed by atoms with E-state index in [4.69, 9.17) is 9.47 Å². The molecule has 0 fully saturated rings. The van der Waals surface area contributed by atoms with Crippen LogP contribution in [-0.2, 0) is 4.79 Å². The number of nitrogens with one attached hydrogen (secondary N) is 2. The Morgan fingerprint density at radius 3 is 2.28 bits per heavy atom. The van der Waals surface area contributed by atoms with E-state index in [1.807, 2.05) is 59.3 Å². The van der Waals surface area contributed by atoms with Crippen LogP contribution in [0.4, 0.5) is 11.9 Å². The Bertz CT molecular complexity index is 1350. The highest BCUT2D eigenvalue weighted by molar-refractivity contribution is 6.00. The minimum absolute atomic E-state index is 0.0244. The maximum atomic E-state index is 12.6. The van der Waals surface area contributed by atoms with Crippen molar-refractivity contribution >= 4 is 23.9 Å². The van der Waals surface area contributed by atoms with Gasteiger partial charge in [-0.05, 0) is 53.5 Å². The summed E-state index contributed by atoms with van der Waals surface area (Å²) in [6.07, 6.45) is 3.97. The van der Waals surface area contributed by atoms with Gasteiger partial charge in [-0.1, -0.05) is 54.6 Å². The maximum absolute atomic E-state index is 12.6. The van der Waals surface area contributed by atoms with E-state index in [0.717, 1.165) is 34.6 Å². The molecule has 1 aliphatic rings. The molecule has 0 bridgehead atoms. The largest absolute Gasteiger partial charge is 0.497 e. The van der Waals surface area contributed by atoms with Crippen LogP contribution >= 0.6 is 0 Å². The molecule has 1 aromatic heterocycles. The molecule has 2 heterocycles. The summed E-state index contributed by atoms with van der Waals surface area (Å²) < 4.78 is 12.3. The van der Waals surface area contributed by atoms with Gasteiger partial charge in [0.1, 0.15) is 11.5 Å². The number of carbonyl (C=O) groups is 1. The van der Waals surface area contributed by atoms with Gasteiger partial charge in [0.15, 0.2) is 0 Å². The molecule has 0 radical (unpaired) electrons. The van der Waals surface area contributed by atoms with Crippen molar-refractivity contribution in [2.45, 2.75) is 18.5 Å². The van der Waals surface area contributed by atoms with Crippen molar-refractivity contribution in [3.8, 4) is 11.5 Å². The molecule has 2 atom stereocenters. The van der Waals surface area contributed by atoms with Gasteiger partial charge in [0, 0.05) is 6.08 Å². The van der Waals surface area contributed by atoms with E-state index in [9.17, 15) is 4.79 Å². The van der Waals surface area contributed by atoms with Crippen LogP contribution in [0.3, 0.4) is 0 Å². The molecule has 2 unspecified atom stereocenters. The number of fused-ring (bicyclic) bond motifs is 1. The highest BCUT2D eigenvalue weighted by atomic mass is 16.5. The van der Waals surface area contributed by atoms with E-state index in [0.29, 0.717) is 5.95 Å². The Labute approximate surface area is 209 Å². The van der Waals surface area contributed by atoms with Crippen LogP contribution in [0, 0.1) is 0 Å². The smallest absolute Gasteiger partial charge is 0.250 e. The third-order valence-electron chi connectivity index (χ3n) is 6.17. The molecule has 0 saturated heterocycles. The molecule has 0 aliphatic carbocycles. The van der Waals surface area contributed by atoms with Crippen LogP contribution in [-0.4, -0.2) is 34.9 Å². The molecule has 3 aromatic carbocycles. The molecule has 182 valence electrons. The first kappa shape index (κ1) is 23.2. The summed E-state index contributed by atoms with van der Waals surface area (Å²) in [6.45, 7) is 0. The number of aromatic nitrogens is 3. The number of anilines is 2. The predicted molar refractivity (Wildman–Crippen MR) is 139 cm³/mol. The fourth-order valence-corrected chi connectivity index (χ4v) is 4.28. The number of carbonyl (C=O) groups excluding carboxylic acids is 1. The summed E-state index contributed by atoms with van der Waals surface area (Å²) in [5, 5.41) is 10.9. The topological polar surface area (TPSA) is 90.3 Å². The van der Waals surface area contributed by atoms with Crippen LogP contribution in [0.25, 0.3) is 6.08 Å². The van der Waals surface area contributed by atoms with E-state index in [1.165, 1.54) is 6.08 Å². The minimum atomic E-state index is -0.309. The van der Waals surface area contributed by atoms with Gasteiger partial charge in [-0.3, -0.25) is 10.1 Å². The van der Waals surface area contributed by atoms with Gasteiger partial charge in [0.2, 0.25) is 5.95 Å². The van der Waals surface area contributed by atoms with E-state index in [-0.39, 0.29) is 23.9 Å². The number of methoxy groups -OCH3 is 2. The molecular formula is C28H27N5O3. The van der Waals surface area contributed by atoms with Gasteiger partial charge >= 0.3 is 0 Å². The van der Waals surface area contributed by atoms with Crippen LogP contribution in [0.1, 0.15) is 35.2 Å². The molecule has 1 amide bonds. The zero-order chi connectivity index (χ0) is 24.9. The monoisotopic (exact) mass is 481 g/mol. The molecule has 8 nitrogen and oxygen atoms in total. The van der Waals surface area contributed by atoms with Gasteiger partial charge < -0.3 is 14.8 Å². The van der Waals surface area contributed by atoms with E-state index < -0.39 is 0 Å². The van der Waals surface area contributed by atoms with E-state index >= 15 is 0 Å². The van der Waals surface area contributed by atoms with Crippen LogP contribution in [0.2, 0.25) is 0 Å². The molecule has 8 heteroatoms. The Kier molecular flexibility index (Phi) is 6.66. The Morgan fingerprint density at radius 1 is 0.944 bits per heavy atom. The molecule has 4 aromatic rings. The van der Waals surface area contributed by atoms with Gasteiger partial charge in [-0.2, -0.15) is 4.98 Å². The highest BCUT2D eigenvalue weighted by Crippen LogP contribution is 2.38. The third kappa shape index (κ3) is 5.07. The van der Waals surface area contributed by atoms with Gasteiger partial charge in [-0.15, -0.1) is 5.10 Å². The second kappa shape index (κ2) is 10.4. The molecular weight excluding hydrogens is 454 g/mol. The Balaban J connectivity index is 1.37. The number of hydrogen-bond acceptors (Lipinski definition) is 6. The average molecular weight is 482 g/mol. The molecule has 36 heavy (non-hydrogen) atoms. The lowest BCUT2D eigenvalue weighted by Crippen LogP contribution is -2.28. The number of rotatable bonds is 7. The normalized spacial score (nSPS) is 16.7. The zero-order valence-electron chi connectivity index (χ0n) is 20.1. The van der Waals surface area contributed by atoms with Crippen molar-refractivity contribution in [3.05, 3.63) is 102 Å². The summed E-state index contributed by atoms with van der Waals surface area (Å²) in [7, 11) is 3.27. The van der Waals surface area contributed by atoms with Crippen LogP contribution in [0.5, 0.6) is 11.5 Å². The van der Waals surface area contributed by atoms with E-state index in [1.54, 1.807) is 20.3 Å². The lowest BCUT2D eigenvalue weighted by Gasteiger charge is -2.31. The van der Waals surface area contributed by atoms with Crippen molar-refractivity contribution in [3.63, 3.8) is 0 Å². The highest BCUT2D eigenvalue weighted by Gasteiger charge is 2.31. The number of amides is 1. The second-order valence-corrected chi connectivity index (χ2v) is 8.43. The molecule has 2 N–H and O–H groups in total. The summed E-state index contributed by atoms with van der Waals surface area (Å²) in [6, 6.07) is 25.6. The predicted octanol–water partition coefficient (Wildman–Crippen LogP) is 5.09.